The summed E-state index contributed by atoms with van der Waals surface area (Å²) in [5, 5.41) is 14.0. The molecule has 1 aromatic heterocycles. The second kappa shape index (κ2) is 4.79. The third-order valence-corrected chi connectivity index (χ3v) is 1.50. The molecule has 0 bridgehead atoms. The Balaban J connectivity index is 2.67. The number of nitrogens with zero attached hydrogens (tertiary/aromatic N) is 2. The van der Waals surface area contributed by atoms with Crippen LogP contribution in [0.2, 0.25) is 0 Å². The van der Waals surface area contributed by atoms with Gasteiger partial charge >= 0.3 is 0 Å². The number of nitrogens with one attached hydrogen (secondary N) is 2. The number of aromatic nitrogens is 2. The molecule has 66 valence electrons. The molecular formula is C8H14N4. The van der Waals surface area contributed by atoms with Crippen LogP contribution >= 0.6 is 0 Å². The molecule has 0 aliphatic rings. The quantitative estimate of drug-likeness (QED) is 0.656. The van der Waals surface area contributed by atoms with E-state index in [1.54, 1.807) is 6.20 Å². The highest BCUT2D eigenvalue weighted by Gasteiger charge is 1.95. The minimum Gasteiger partial charge on any atom is -0.316 e. The van der Waals surface area contributed by atoms with Gasteiger partial charge in [-0.15, -0.1) is 0 Å². The van der Waals surface area contributed by atoms with Gasteiger partial charge in [0.25, 0.3) is 0 Å². The topological polar surface area (TPSA) is 49.8 Å². The van der Waals surface area contributed by atoms with Crippen molar-refractivity contribution in [2.75, 3.05) is 14.1 Å². The standard InChI is InChI=1S/C8H14N4/c1-9-4-7-3-8(6-10-2)12-11-5-7/h3,5,9-10H,4,6H2,1-2H3. The van der Waals surface area contributed by atoms with Crippen molar-refractivity contribution in [3.63, 3.8) is 0 Å². The van der Waals surface area contributed by atoms with Gasteiger partial charge in [-0.2, -0.15) is 10.2 Å². The molecule has 0 radical (unpaired) electrons. The average Bonchev–Trinajstić information content (AvgIpc) is 2.06. The fourth-order valence-corrected chi connectivity index (χ4v) is 1.03. The first-order valence-electron chi connectivity index (χ1n) is 3.96. The van der Waals surface area contributed by atoms with Crippen molar-refractivity contribution in [1.82, 2.24) is 20.8 Å². The van der Waals surface area contributed by atoms with E-state index in [1.807, 2.05) is 20.2 Å². The third kappa shape index (κ3) is 2.56. The molecule has 0 saturated carbocycles. The van der Waals surface area contributed by atoms with Crippen molar-refractivity contribution < 1.29 is 0 Å². The normalized spacial score (nSPS) is 10.2. The molecule has 0 spiro atoms. The summed E-state index contributed by atoms with van der Waals surface area (Å²) in [5.41, 5.74) is 2.14. The Hall–Kier alpha value is -1.00. The van der Waals surface area contributed by atoms with Crippen LogP contribution in [0.5, 0.6) is 0 Å². The summed E-state index contributed by atoms with van der Waals surface area (Å²) in [6, 6.07) is 2.04. The van der Waals surface area contributed by atoms with E-state index < -0.39 is 0 Å². The van der Waals surface area contributed by atoms with Gasteiger partial charge in [0.05, 0.1) is 11.9 Å². The van der Waals surface area contributed by atoms with Crippen LogP contribution in [0.15, 0.2) is 12.3 Å². The van der Waals surface area contributed by atoms with Gasteiger partial charge in [0, 0.05) is 13.1 Å². The fourth-order valence-electron chi connectivity index (χ4n) is 1.03. The van der Waals surface area contributed by atoms with Gasteiger partial charge in [0.15, 0.2) is 0 Å². The van der Waals surface area contributed by atoms with Gasteiger partial charge in [-0.3, -0.25) is 0 Å². The highest BCUT2D eigenvalue weighted by Crippen LogP contribution is 1.98. The Kier molecular flexibility index (Phi) is 3.63. The van der Waals surface area contributed by atoms with Crippen molar-refractivity contribution in [2.45, 2.75) is 13.1 Å². The van der Waals surface area contributed by atoms with Crippen LogP contribution in [-0.4, -0.2) is 24.3 Å². The molecule has 4 heteroatoms. The smallest absolute Gasteiger partial charge is 0.0772 e. The summed E-state index contributed by atoms with van der Waals surface area (Å²) in [6.45, 7) is 1.61. The lowest BCUT2D eigenvalue weighted by atomic mass is 10.2. The Labute approximate surface area is 72.4 Å². The average molecular weight is 166 g/mol. The Morgan fingerprint density at radius 1 is 1.25 bits per heavy atom. The minimum absolute atomic E-state index is 0.768. The van der Waals surface area contributed by atoms with Crippen molar-refractivity contribution in [1.29, 1.82) is 0 Å². The molecule has 0 unspecified atom stereocenters. The fraction of sp³-hybridized carbons (Fsp3) is 0.500. The Morgan fingerprint density at radius 2 is 2.00 bits per heavy atom. The van der Waals surface area contributed by atoms with E-state index in [1.165, 1.54) is 0 Å². The zero-order chi connectivity index (χ0) is 8.81. The van der Waals surface area contributed by atoms with E-state index in [9.17, 15) is 0 Å². The van der Waals surface area contributed by atoms with Crippen LogP contribution in [0.4, 0.5) is 0 Å². The van der Waals surface area contributed by atoms with E-state index in [0.717, 1.165) is 24.3 Å². The van der Waals surface area contributed by atoms with Gasteiger partial charge < -0.3 is 10.6 Å². The zero-order valence-electron chi connectivity index (χ0n) is 7.46. The van der Waals surface area contributed by atoms with Gasteiger partial charge in [-0.1, -0.05) is 0 Å². The lowest BCUT2D eigenvalue weighted by Crippen LogP contribution is -2.10. The van der Waals surface area contributed by atoms with Crippen molar-refractivity contribution in [3.05, 3.63) is 23.5 Å². The van der Waals surface area contributed by atoms with Crippen LogP contribution in [-0.2, 0) is 13.1 Å². The monoisotopic (exact) mass is 166 g/mol. The summed E-state index contributed by atoms with van der Waals surface area (Å²) in [5.74, 6) is 0. The predicted octanol–water partition coefficient (Wildman–Crippen LogP) is -0.0846. The lowest BCUT2D eigenvalue weighted by Gasteiger charge is -2.01. The van der Waals surface area contributed by atoms with E-state index in [2.05, 4.69) is 20.8 Å². The highest BCUT2D eigenvalue weighted by molar-refractivity contribution is 5.12. The van der Waals surface area contributed by atoms with Crippen LogP contribution in [0.1, 0.15) is 11.3 Å². The maximum absolute atomic E-state index is 3.97. The first-order valence-corrected chi connectivity index (χ1v) is 3.96. The molecule has 0 aliphatic heterocycles. The van der Waals surface area contributed by atoms with Crippen molar-refractivity contribution in [2.24, 2.45) is 0 Å². The zero-order valence-corrected chi connectivity index (χ0v) is 7.46. The van der Waals surface area contributed by atoms with Gasteiger partial charge in [0.2, 0.25) is 0 Å². The SMILES string of the molecule is CNCc1cnnc(CNC)c1. The van der Waals surface area contributed by atoms with Crippen LogP contribution < -0.4 is 10.6 Å². The molecule has 0 aromatic carbocycles. The maximum Gasteiger partial charge on any atom is 0.0772 e. The summed E-state index contributed by atoms with van der Waals surface area (Å²) in [4.78, 5) is 0. The minimum atomic E-state index is 0.768. The molecule has 0 aliphatic carbocycles. The molecule has 2 N–H and O–H groups in total. The molecule has 0 fully saturated rings. The van der Waals surface area contributed by atoms with Crippen LogP contribution in [0.25, 0.3) is 0 Å². The molecule has 12 heavy (non-hydrogen) atoms. The lowest BCUT2D eigenvalue weighted by molar-refractivity contribution is 0.747. The van der Waals surface area contributed by atoms with Crippen LogP contribution in [0, 0.1) is 0 Å². The molecule has 1 rings (SSSR count). The number of hydrogen-bond acceptors (Lipinski definition) is 4. The van der Waals surface area contributed by atoms with Gasteiger partial charge in [-0.05, 0) is 25.7 Å². The summed E-state index contributed by atoms with van der Waals surface area (Å²) < 4.78 is 0. The van der Waals surface area contributed by atoms with E-state index in [4.69, 9.17) is 0 Å². The summed E-state index contributed by atoms with van der Waals surface area (Å²) in [6.07, 6.45) is 1.77. The highest BCUT2D eigenvalue weighted by atomic mass is 15.1. The summed E-state index contributed by atoms with van der Waals surface area (Å²) in [7, 11) is 3.81. The van der Waals surface area contributed by atoms with Crippen LogP contribution in [0.3, 0.4) is 0 Å². The molecule has 0 amide bonds. The number of rotatable bonds is 4. The molecule has 0 saturated heterocycles. The second-order valence-electron chi connectivity index (χ2n) is 2.62. The van der Waals surface area contributed by atoms with E-state index in [0.29, 0.717) is 0 Å². The Morgan fingerprint density at radius 3 is 2.67 bits per heavy atom. The van der Waals surface area contributed by atoms with E-state index in [-0.39, 0.29) is 0 Å². The first kappa shape index (κ1) is 9.09. The summed E-state index contributed by atoms with van der Waals surface area (Å²) >= 11 is 0. The van der Waals surface area contributed by atoms with E-state index >= 15 is 0 Å². The van der Waals surface area contributed by atoms with Crippen molar-refractivity contribution >= 4 is 0 Å². The molecule has 1 heterocycles. The molecule has 1 aromatic rings. The predicted molar refractivity (Wildman–Crippen MR) is 47.6 cm³/mol. The first-order chi connectivity index (χ1) is 5.86. The second-order valence-corrected chi connectivity index (χ2v) is 2.62. The molecule has 0 atom stereocenters. The largest absolute Gasteiger partial charge is 0.316 e. The van der Waals surface area contributed by atoms with Crippen molar-refractivity contribution in [3.8, 4) is 0 Å². The molecular weight excluding hydrogens is 152 g/mol. The van der Waals surface area contributed by atoms with Gasteiger partial charge in [0.1, 0.15) is 0 Å². The molecule has 4 nitrogen and oxygen atoms in total. The third-order valence-electron chi connectivity index (χ3n) is 1.50. The Bertz CT molecular complexity index is 215. The number of hydrogen-bond donors (Lipinski definition) is 2. The maximum atomic E-state index is 3.97. The van der Waals surface area contributed by atoms with Gasteiger partial charge in [-0.25, -0.2) is 0 Å².